The van der Waals surface area contributed by atoms with Crippen molar-refractivity contribution in [2.75, 3.05) is 5.75 Å². The second-order valence-corrected chi connectivity index (χ2v) is 5.93. The molecule has 1 unspecified atom stereocenters. The monoisotopic (exact) mass is 287 g/mol. The first kappa shape index (κ1) is 15.0. The van der Waals surface area contributed by atoms with Crippen molar-refractivity contribution in [3.8, 4) is 0 Å². The summed E-state index contributed by atoms with van der Waals surface area (Å²) < 4.78 is 0. The van der Waals surface area contributed by atoms with E-state index in [1.807, 2.05) is 19.9 Å². The Bertz CT molecular complexity index is 546. The minimum absolute atomic E-state index is 0.00956. The van der Waals surface area contributed by atoms with E-state index < -0.39 is 0 Å². The lowest BCUT2D eigenvalue weighted by Gasteiger charge is -2.12. The van der Waals surface area contributed by atoms with E-state index in [2.05, 4.69) is 41.2 Å². The molecule has 1 atom stereocenters. The molecule has 2 rings (SSSR count). The molecule has 0 fully saturated rings. The maximum atomic E-state index is 6.23. The molecule has 0 aliphatic rings. The van der Waals surface area contributed by atoms with Gasteiger partial charge in [-0.1, -0.05) is 43.0 Å². The number of nitrogens with zero attached hydrogens (tertiary/aromatic N) is 2. The highest BCUT2D eigenvalue weighted by atomic mass is 32.2. The Morgan fingerprint density at radius 1 is 1.10 bits per heavy atom. The molecule has 0 amide bonds. The van der Waals surface area contributed by atoms with Gasteiger partial charge in [0.2, 0.25) is 0 Å². The second-order valence-electron chi connectivity index (χ2n) is 4.95. The van der Waals surface area contributed by atoms with Crippen LogP contribution >= 0.6 is 11.8 Å². The van der Waals surface area contributed by atoms with Gasteiger partial charge in [-0.3, -0.25) is 0 Å². The van der Waals surface area contributed by atoms with Crippen LogP contribution in [0.15, 0.2) is 35.5 Å². The topological polar surface area (TPSA) is 51.8 Å². The van der Waals surface area contributed by atoms with Crippen LogP contribution in [0, 0.1) is 13.8 Å². The zero-order valence-electron chi connectivity index (χ0n) is 12.3. The largest absolute Gasteiger partial charge is 0.323 e. The van der Waals surface area contributed by atoms with Gasteiger partial charge in [0.25, 0.3) is 0 Å². The van der Waals surface area contributed by atoms with Gasteiger partial charge in [0, 0.05) is 23.2 Å². The predicted molar refractivity (Wildman–Crippen MR) is 85.0 cm³/mol. The van der Waals surface area contributed by atoms with Gasteiger partial charge in [-0.05, 0) is 37.5 Å². The molecule has 20 heavy (non-hydrogen) atoms. The van der Waals surface area contributed by atoms with Gasteiger partial charge in [0.15, 0.2) is 5.16 Å². The van der Waals surface area contributed by atoms with E-state index in [1.165, 1.54) is 11.1 Å². The Morgan fingerprint density at radius 2 is 1.70 bits per heavy atom. The zero-order chi connectivity index (χ0) is 14.5. The summed E-state index contributed by atoms with van der Waals surface area (Å²) in [6.45, 7) is 6.13. The van der Waals surface area contributed by atoms with Crippen LogP contribution < -0.4 is 5.73 Å². The molecular formula is C16H21N3S. The smallest absolute Gasteiger partial charge is 0.188 e. The Balaban J connectivity index is 1.98. The Morgan fingerprint density at radius 3 is 2.25 bits per heavy atom. The van der Waals surface area contributed by atoms with Crippen molar-refractivity contribution in [3.05, 3.63) is 52.8 Å². The number of hydrogen-bond donors (Lipinski definition) is 1. The molecule has 0 spiro atoms. The molecular weight excluding hydrogens is 266 g/mol. The zero-order valence-corrected chi connectivity index (χ0v) is 13.1. The first-order valence-electron chi connectivity index (χ1n) is 6.88. The lowest BCUT2D eigenvalue weighted by Crippen LogP contribution is -2.13. The van der Waals surface area contributed by atoms with Gasteiger partial charge in [-0.2, -0.15) is 0 Å². The molecule has 0 saturated heterocycles. The van der Waals surface area contributed by atoms with Crippen LogP contribution in [0.4, 0.5) is 0 Å². The van der Waals surface area contributed by atoms with E-state index in [-0.39, 0.29) is 6.04 Å². The summed E-state index contributed by atoms with van der Waals surface area (Å²) in [6, 6.07) is 10.5. The third-order valence-electron chi connectivity index (χ3n) is 3.17. The fraction of sp³-hybridized carbons (Fsp3) is 0.375. The van der Waals surface area contributed by atoms with E-state index in [1.54, 1.807) is 11.8 Å². The van der Waals surface area contributed by atoms with Crippen molar-refractivity contribution >= 4 is 11.8 Å². The standard InChI is InChI=1S/C16H21N3S/c1-4-13-5-7-14(8-6-13)15(17)10-20-16-18-11(2)9-12(3)19-16/h5-9,15H,4,10,17H2,1-3H3. The average molecular weight is 287 g/mol. The number of aromatic nitrogens is 2. The predicted octanol–water partition coefficient (Wildman–Crippen LogP) is 3.45. The first-order chi connectivity index (χ1) is 9.58. The van der Waals surface area contributed by atoms with E-state index in [0.29, 0.717) is 0 Å². The van der Waals surface area contributed by atoms with Crippen LogP contribution in [0.3, 0.4) is 0 Å². The van der Waals surface area contributed by atoms with Crippen molar-refractivity contribution < 1.29 is 0 Å². The highest BCUT2D eigenvalue weighted by Crippen LogP contribution is 2.21. The number of benzene rings is 1. The molecule has 4 heteroatoms. The summed E-state index contributed by atoms with van der Waals surface area (Å²) in [7, 11) is 0. The second kappa shape index (κ2) is 6.86. The Labute approximate surface area is 125 Å². The number of thioether (sulfide) groups is 1. The summed E-state index contributed by atoms with van der Waals surface area (Å²) in [5, 5.41) is 0.808. The molecule has 3 nitrogen and oxygen atoms in total. The van der Waals surface area contributed by atoms with Crippen LogP contribution in [0.25, 0.3) is 0 Å². The van der Waals surface area contributed by atoms with E-state index in [9.17, 15) is 0 Å². The summed E-state index contributed by atoms with van der Waals surface area (Å²) >= 11 is 1.61. The molecule has 0 radical (unpaired) electrons. The molecule has 0 aliphatic heterocycles. The van der Waals surface area contributed by atoms with Gasteiger partial charge in [-0.15, -0.1) is 0 Å². The lowest BCUT2D eigenvalue weighted by atomic mass is 10.1. The minimum atomic E-state index is 0.00956. The Hall–Kier alpha value is -1.39. The fourth-order valence-electron chi connectivity index (χ4n) is 2.02. The van der Waals surface area contributed by atoms with Crippen LogP contribution in [-0.2, 0) is 6.42 Å². The van der Waals surface area contributed by atoms with Crippen molar-refractivity contribution in [1.29, 1.82) is 0 Å². The average Bonchev–Trinajstić information content (AvgIpc) is 2.44. The van der Waals surface area contributed by atoms with Gasteiger partial charge in [0.05, 0.1) is 0 Å². The van der Waals surface area contributed by atoms with Crippen molar-refractivity contribution in [1.82, 2.24) is 9.97 Å². The minimum Gasteiger partial charge on any atom is -0.323 e. The maximum absolute atomic E-state index is 6.23. The van der Waals surface area contributed by atoms with Crippen LogP contribution in [-0.4, -0.2) is 15.7 Å². The number of nitrogens with two attached hydrogens (primary N) is 1. The summed E-state index contributed by atoms with van der Waals surface area (Å²) in [5.41, 5.74) is 10.7. The summed E-state index contributed by atoms with van der Waals surface area (Å²) in [4.78, 5) is 8.85. The van der Waals surface area contributed by atoms with Crippen LogP contribution in [0.1, 0.15) is 35.5 Å². The van der Waals surface area contributed by atoms with Gasteiger partial charge < -0.3 is 5.73 Å². The van der Waals surface area contributed by atoms with Crippen molar-refractivity contribution in [2.45, 2.75) is 38.4 Å². The van der Waals surface area contributed by atoms with E-state index in [0.717, 1.165) is 28.7 Å². The lowest BCUT2D eigenvalue weighted by molar-refractivity contribution is 0.822. The fourth-order valence-corrected chi connectivity index (χ4v) is 2.96. The van der Waals surface area contributed by atoms with E-state index >= 15 is 0 Å². The Kier molecular flexibility index (Phi) is 5.15. The normalized spacial score (nSPS) is 12.4. The molecule has 0 bridgehead atoms. The molecule has 1 heterocycles. The molecule has 1 aromatic carbocycles. The maximum Gasteiger partial charge on any atom is 0.188 e. The number of aryl methyl sites for hydroxylation is 3. The highest BCUT2D eigenvalue weighted by molar-refractivity contribution is 7.99. The molecule has 0 saturated carbocycles. The third-order valence-corrected chi connectivity index (χ3v) is 4.14. The number of hydrogen-bond acceptors (Lipinski definition) is 4. The highest BCUT2D eigenvalue weighted by Gasteiger charge is 2.08. The molecule has 0 aliphatic carbocycles. The van der Waals surface area contributed by atoms with Gasteiger partial charge in [-0.25, -0.2) is 9.97 Å². The number of rotatable bonds is 5. The van der Waals surface area contributed by atoms with Crippen LogP contribution in [0.5, 0.6) is 0 Å². The van der Waals surface area contributed by atoms with Crippen molar-refractivity contribution in [2.24, 2.45) is 5.73 Å². The van der Waals surface area contributed by atoms with Crippen molar-refractivity contribution in [3.63, 3.8) is 0 Å². The first-order valence-corrected chi connectivity index (χ1v) is 7.86. The summed E-state index contributed by atoms with van der Waals surface area (Å²) in [6.07, 6.45) is 1.06. The molecule has 1 aromatic heterocycles. The SMILES string of the molecule is CCc1ccc(C(N)CSc2nc(C)cc(C)n2)cc1. The van der Waals surface area contributed by atoms with Gasteiger partial charge >= 0.3 is 0 Å². The molecule has 2 aromatic rings. The summed E-state index contributed by atoms with van der Waals surface area (Å²) in [5.74, 6) is 0.786. The van der Waals surface area contributed by atoms with Crippen LogP contribution in [0.2, 0.25) is 0 Å². The molecule has 106 valence electrons. The van der Waals surface area contributed by atoms with E-state index in [4.69, 9.17) is 5.73 Å². The molecule has 2 N–H and O–H groups in total. The van der Waals surface area contributed by atoms with Gasteiger partial charge in [0.1, 0.15) is 0 Å². The third kappa shape index (κ3) is 4.05. The quantitative estimate of drug-likeness (QED) is 0.676.